The van der Waals surface area contributed by atoms with Gasteiger partial charge in [-0.2, -0.15) is 0 Å². The van der Waals surface area contributed by atoms with Gasteiger partial charge in [0.05, 0.1) is 26.9 Å². The monoisotopic (exact) mass is 500 g/mol. The Balaban J connectivity index is 1.49. The topological polar surface area (TPSA) is 83.1 Å². The fourth-order valence-electron chi connectivity index (χ4n) is 3.52. The van der Waals surface area contributed by atoms with Gasteiger partial charge in [0.2, 0.25) is 0 Å². The van der Waals surface area contributed by atoms with Gasteiger partial charge in [-0.15, -0.1) is 0 Å². The maximum absolute atomic E-state index is 13.4. The number of amidine groups is 1. The zero-order valence-corrected chi connectivity index (χ0v) is 19.7. The van der Waals surface area contributed by atoms with E-state index in [1.54, 1.807) is 29.2 Å². The van der Waals surface area contributed by atoms with Crippen LogP contribution in [0, 0.1) is 0 Å². The second-order valence-electron chi connectivity index (χ2n) is 7.52. The van der Waals surface area contributed by atoms with Gasteiger partial charge in [0.15, 0.2) is 5.17 Å². The van der Waals surface area contributed by atoms with Crippen molar-refractivity contribution < 1.29 is 19.1 Å². The number of carboxylic acids is 1. The largest absolute Gasteiger partial charge is 0.478 e. The van der Waals surface area contributed by atoms with Gasteiger partial charge in [-0.25, -0.2) is 9.79 Å². The lowest BCUT2D eigenvalue weighted by Gasteiger charge is -2.15. The molecular formula is C27H17ClN2O4S. The second-order valence-corrected chi connectivity index (χ2v) is 8.93. The van der Waals surface area contributed by atoms with Crippen LogP contribution in [-0.2, 0) is 4.79 Å². The normalized spacial score (nSPS) is 15.8. The van der Waals surface area contributed by atoms with Crippen LogP contribution in [-0.4, -0.2) is 22.2 Å². The summed E-state index contributed by atoms with van der Waals surface area (Å²) in [5, 5.41) is 10.0. The molecule has 1 amide bonds. The molecule has 1 fully saturated rings. The average molecular weight is 501 g/mol. The second kappa shape index (κ2) is 9.66. The van der Waals surface area contributed by atoms with E-state index in [0.29, 0.717) is 32.8 Å². The lowest BCUT2D eigenvalue weighted by atomic mass is 10.1. The first-order valence-corrected chi connectivity index (χ1v) is 11.7. The van der Waals surface area contributed by atoms with E-state index in [9.17, 15) is 14.7 Å². The fourth-order valence-corrected chi connectivity index (χ4v) is 4.70. The minimum atomic E-state index is -1.12. The summed E-state index contributed by atoms with van der Waals surface area (Å²) in [6, 6.07) is 26.9. The Morgan fingerprint density at radius 2 is 1.69 bits per heavy atom. The maximum atomic E-state index is 13.4. The summed E-state index contributed by atoms with van der Waals surface area (Å²) in [7, 11) is 0. The van der Waals surface area contributed by atoms with E-state index in [2.05, 4.69) is 0 Å². The molecule has 1 aliphatic heterocycles. The third-order valence-corrected chi connectivity index (χ3v) is 6.48. The first-order chi connectivity index (χ1) is 17.0. The minimum absolute atomic E-state index is 0.0118. The summed E-state index contributed by atoms with van der Waals surface area (Å²) < 4.78 is 5.91. The number of aromatic carboxylic acids is 1. The van der Waals surface area contributed by atoms with Crippen molar-refractivity contribution in [2.24, 2.45) is 4.99 Å². The highest BCUT2D eigenvalue weighted by atomic mass is 35.5. The van der Waals surface area contributed by atoms with E-state index in [1.165, 1.54) is 23.9 Å². The molecule has 5 rings (SSSR count). The Morgan fingerprint density at radius 3 is 2.40 bits per heavy atom. The van der Waals surface area contributed by atoms with Gasteiger partial charge in [-0.1, -0.05) is 48.0 Å². The van der Waals surface area contributed by atoms with Gasteiger partial charge in [0, 0.05) is 11.6 Å². The molecule has 2 heterocycles. The van der Waals surface area contributed by atoms with Gasteiger partial charge < -0.3 is 9.52 Å². The van der Waals surface area contributed by atoms with Crippen molar-refractivity contribution in [3.63, 3.8) is 0 Å². The van der Waals surface area contributed by atoms with Crippen molar-refractivity contribution in [1.29, 1.82) is 0 Å². The zero-order chi connectivity index (χ0) is 24.4. The highest BCUT2D eigenvalue weighted by Gasteiger charge is 2.35. The molecule has 35 heavy (non-hydrogen) atoms. The van der Waals surface area contributed by atoms with Gasteiger partial charge in [-0.05, 0) is 66.4 Å². The number of carbonyl (C=O) groups excluding carboxylic acids is 1. The van der Waals surface area contributed by atoms with Crippen LogP contribution in [0.4, 0.5) is 11.4 Å². The minimum Gasteiger partial charge on any atom is -0.478 e. The number of halogens is 1. The molecule has 0 atom stereocenters. The zero-order valence-electron chi connectivity index (χ0n) is 18.1. The summed E-state index contributed by atoms with van der Waals surface area (Å²) in [4.78, 5) is 31.5. The summed E-state index contributed by atoms with van der Waals surface area (Å²) in [5.41, 5.74) is 2.01. The lowest BCUT2D eigenvalue weighted by Crippen LogP contribution is -2.28. The molecule has 0 radical (unpaired) electrons. The molecule has 1 saturated heterocycles. The number of hydrogen-bond donors (Lipinski definition) is 1. The predicted octanol–water partition coefficient (Wildman–Crippen LogP) is 7.11. The number of furan rings is 1. The first kappa shape index (κ1) is 22.7. The molecule has 1 aliphatic rings. The molecule has 0 spiro atoms. The standard InChI is InChI=1S/C27H17ClN2O4S/c28-22-13-11-17(15-21(22)26(32)33)23-14-12-20(34-23)16-24-25(31)30(19-9-5-2-6-10-19)27(35-24)29-18-7-3-1-4-8-18/h1-16H,(H,32,33)/b24-16-,29-27-. The highest BCUT2D eigenvalue weighted by Crippen LogP contribution is 2.38. The molecule has 0 bridgehead atoms. The predicted molar refractivity (Wildman–Crippen MR) is 139 cm³/mol. The number of benzene rings is 3. The van der Waals surface area contributed by atoms with Crippen LogP contribution in [0.15, 0.2) is 105 Å². The molecule has 1 N–H and O–H groups in total. The van der Waals surface area contributed by atoms with Crippen molar-refractivity contribution in [3.05, 3.63) is 112 Å². The van der Waals surface area contributed by atoms with Crippen molar-refractivity contribution in [1.82, 2.24) is 0 Å². The number of hydrogen-bond acceptors (Lipinski definition) is 5. The smallest absolute Gasteiger partial charge is 0.337 e. The third kappa shape index (κ3) is 4.77. The van der Waals surface area contributed by atoms with Gasteiger partial charge in [0.1, 0.15) is 11.5 Å². The van der Waals surface area contributed by atoms with Gasteiger partial charge in [-0.3, -0.25) is 9.69 Å². The SMILES string of the molecule is O=C(O)c1cc(-c2ccc(/C=C3\S/C(=N\c4ccccc4)N(c4ccccc4)C3=O)o2)ccc1Cl. The van der Waals surface area contributed by atoms with Crippen molar-refractivity contribution >= 4 is 57.9 Å². The highest BCUT2D eigenvalue weighted by molar-refractivity contribution is 8.19. The summed E-state index contributed by atoms with van der Waals surface area (Å²) >= 11 is 7.23. The van der Waals surface area contributed by atoms with Crippen molar-refractivity contribution in [2.75, 3.05) is 4.90 Å². The van der Waals surface area contributed by atoms with Gasteiger partial charge in [0.25, 0.3) is 5.91 Å². The van der Waals surface area contributed by atoms with Crippen LogP contribution in [0.25, 0.3) is 17.4 Å². The van der Waals surface area contributed by atoms with Crippen LogP contribution in [0.3, 0.4) is 0 Å². The number of carbonyl (C=O) groups is 2. The number of rotatable bonds is 5. The summed E-state index contributed by atoms with van der Waals surface area (Å²) in [6.45, 7) is 0. The quantitative estimate of drug-likeness (QED) is 0.295. The maximum Gasteiger partial charge on any atom is 0.337 e. The van der Waals surface area contributed by atoms with E-state index in [-0.39, 0.29) is 16.5 Å². The van der Waals surface area contributed by atoms with E-state index >= 15 is 0 Å². The Hall–Kier alpha value is -4.07. The van der Waals surface area contributed by atoms with E-state index < -0.39 is 5.97 Å². The molecule has 6 nitrogen and oxygen atoms in total. The lowest BCUT2D eigenvalue weighted by molar-refractivity contribution is -0.113. The molecule has 1 aromatic heterocycles. The Kier molecular flexibility index (Phi) is 6.27. The fraction of sp³-hybridized carbons (Fsp3) is 0. The average Bonchev–Trinajstić information content (AvgIpc) is 3.45. The van der Waals surface area contributed by atoms with Gasteiger partial charge >= 0.3 is 5.97 Å². The Bertz CT molecular complexity index is 1480. The van der Waals surface area contributed by atoms with E-state index in [1.807, 2.05) is 60.7 Å². The van der Waals surface area contributed by atoms with Crippen LogP contribution >= 0.6 is 23.4 Å². The van der Waals surface area contributed by atoms with Crippen molar-refractivity contribution in [2.45, 2.75) is 0 Å². The van der Waals surface area contributed by atoms with E-state index in [0.717, 1.165) is 5.69 Å². The number of carboxylic acid groups (broad SMARTS) is 1. The summed E-state index contributed by atoms with van der Waals surface area (Å²) in [5.74, 6) is -0.417. The Labute approximate surface area is 210 Å². The molecule has 8 heteroatoms. The van der Waals surface area contributed by atoms with Crippen LogP contribution in [0.5, 0.6) is 0 Å². The van der Waals surface area contributed by atoms with Crippen LogP contribution in [0.2, 0.25) is 5.02 Å². The molecule has 172 valence electrons. The number of aliphatic imine (C=N–C) groups is 1. The number of anilines is 1. The number of para-hydroxylation sites is 2. The number of amides is 1. The van der Waals surface area contributed by atoms with E-state index in [4.69, 9.17) is 21.0 Å². The van der Waals surface area contributed by atoms with Crippen molar-refractivity contribution in [3.8, 4) is 11.3 Å². The number of thioether (sulfide) groups is 1. The summed E-state index contributed by atoms with van der Waals surface area (Å²) in [6.07, 6.45) is 1.66. The van der Waals surface area contributed by atoms with Crippen LogP contribution < -0.4 is 4.90 Å². The molecule has 0 saturated carbocycles. The molecule has 4 aromatic rings. The Morgan fingerprint density at radius 1 is 0.971 bits per heavy atom. The number of nitrogens with zero attached hydrogens (tertiary/aromatic N) is 2. The molecule has 0 unspecified atom stereocenters. The van der Waals surface area contributed by atoms with Crippen LogP contribution in [0.1, 0.15) is 16.1 Å². The molecular weight excluding hydrogens is 484 g/mol. The third-order valence-electron chi connectivity index (χ3n) is 5.18. The molecule has 3 aromatic carbocycles. The molecule has 0 aliphatic carbocycles. The first-order valence-electron chi connectivity index (χ1n) is 10.6.